The van der Waals surface area contributed by atoms with E-state index in [2.05, 4.69) is 11.9 Å². The number of aromatic nitrogens is 1. The molecule has 8 nitrogen and oxygen atoms in total. The number of hydrogen-bond donors (Lipinski definition) is 1. The molecule has 0 saturated carbocycles. The minimum Gasteiger partial charge on any atom is -0.462 e. The summed E-state index contributed by atoms with van der Waals surface area (Å²) in [5.74, 6) is -0.610. The van der Waals surface area contributed by atoms with Crippen molar-refractivity contribution < 1.29 is 19.1 Å². The van der Waals surface area contributed by atoms with Gasteiger partial charge in [0.1, 0.15) is 6.54 Å². The molecule has 36 heavy (non-hydrogen) atoms. The third-order valence-electron chi connectivity index (χ3n) is 5.58. The maximum atomic E-state index is 13.4. The maximum Gasteiger partial charge on any atom is 0.338 e. The largest absolute Gasteiger partial charge is 0.462 e. The number of anilines is 1. The molecular formula is C28H32N4O4. The first-order chi connectivity index (χ1) is 17.4. The van der Waals surface area contributed by atoms with Gasteiger partial charge >= 0.3 is 12.0 Å². The summed E-state index contributed by atoms with van der Waals surface area (Å²) in [7, 11) is 1.94. The molecule has 2 aromatic carbocycles. The van der Waals surface area contributed by atoms with Crippen LogP contribution in [-0.2, 0) is 29.7 Å². The van der Waals surface area contributed by atoms with Gasteiger partial charge < -0.3 is 24.4 Å². The van der Waals surface area contributed by atoms with E-state index < -0.39 is 12.0 Å². The molecule has 0 fully saturated rings. The Hall–Kier alpha value is -4.33. The van der Waals surface area contributed by atoms with Gasteiger partial charge in [0.05, 0.1) is 18.7 Å². The number of esters is 1. The quantitative estimate of drug-likeness (QED) is 0.319. The molecular weight excluding hydrogens is 456 g/mol. The van der Waals surface area contributed by atoms with Crippen LogP contribution in [0.1, 0.15) is 28.5 Å². The SMILES string of the molecule is C=CCN(CC(=O)N(Cc1ccccc1)Cc1cccn1C)C(=O)Nc1ccc(C(=O)OCC)cc1. The normalized spacial score (nSPS) is 10.4. The lowest BCUT2D eigenvalue weighted by atomic mass is 10.2. The van der Waals surface area contributed by atoms with Crippen LogP contribution in [0.15, 0.2) is 85.6 Å². The monoisotopic (exact) mass is 488 g/mol. The number of urea groups is 1. The lowest BCUT2D eigenvalue weighted by Gasteiger charge is -2.27. The molecule has 0 aliphatic rings. The Labute approximate surface area is 211 Å². The van der Waals surface area contributed by atoms with E-state index in [1.54, 1.807) is 42.2 Å². The molecule has 1 N–H and O–H groups in total. The summed E-state index contributed by atoms with van der Waals surface area (Å²) in [4.78, 5) is 41.4. The number of aryl methyl sites for hydroxylation is 1. The Morgan fingerprint density at radius 1 is 0.972 bits per heavy atom. The Kier molecular flexibility index (Phi) is 9.45. The summed E-state index contributed by atoms with van der Waals surface area (Å²) in [6, 6.07) is 19.6. The molecule has 3 amide bonds. The first-order valence-corrected chi connectivity index (χ1v) is 11.8. The van der Waals surface area contributed by atoms with Crippen LogP contribution in [-0.4, -0.2) is 52.0 Å². The van der Waals surface area contributed by atoms with Gasteiger partial charge in [-0.05, 0) is 48.9 Å². The van der Waals surface area contributed by atoms with E-state index in [-0.39, 0.29) is 25.6 Å². The Bertz CT molecular complexity index is 1170. The highest BCUT2D eigenvalue weighted by Crippen LogP contribution is 2.14. The van der Waals surface area contributed by atoms with E-state index in [1.807, 2.05) is 60.3 Å². The molecule has 1 heterocycles. The molecule has 0 aliphatic carbocycles. The predicted molar refractivity (Wildman–Crippen MR) is 139 cm³/mol. The summed E-state index contributed by atoms with van der Waals surface area (Å²) in [5, 5.41) is 2.79. The van der Waals surface area contributed by atoms with Gasteiger partial charge in [0.25, 0.3) is 0 Å². The third kappa shape index (κ3) is 7.33. The second-order valence-corrected chi connectivity index (χ2v) is 8.24. The number of nitrogens with one attached hydrogen (secondary N) is 1. The van der Waals surface area contributed by atoms with E-state index in [1.165, 1.54) is 4.90 Å². The van der Waals surface area contributed by atoms with Crippen molar-refractivity contribution in [1.82, 2.24) is 14.4 Å². The first-order valence-electron chi connectivity index (χ1n) is 11.8. The highest BCUT2D eigenvalue weighted by atomic mass is 16.5. The van der Waals surface area contributed by atoms with Crippen LogP contribution in [0.5, 0.6) is 0 Å². The molecule has 0 saturated heterocycles. The van der Waals surface area contributed by atoms with Gasteiger partial charge in [0, 0.05) is 37.7 Å². The fourth-order valence-corrected chi connectivity index (χ4v) is 3.64. The van der Waals surface area contributed by atoms with E-state index in [4.69, 9.17) is 4.74 Å². The highest BCUT2D eigenvalue weighted by Gasteiger charge is 2.22. The van der Waals surface area contributed by atoms with Gasteiger partial charge in [-0.25, -0.2) is 9.59 Å². The van der Waals surface area contributed by atoms with Gasteiger partial charge in [-0.15, -0.1) is 6.58 Å². The Morgan fingerprint density at radius 2 is 1.69 bits per heavy atom. The van der Waals surface area contributed by atoms with Crippen LogP contribution in [0.2, 0.25) is 0 Å². The second-order valence-electron chi connectivity index (χ2n) is 8.24. The number of nitrogens with zero attached hydrogens (tertiary/aromatic N) is 3. The van der Waals surface area contributed by atoms with E-state index >= 15 is 0 Å². The second kappa shape index (κ2) is 12.9. The van der Waals surface area contributed by atoms with Crippen molar-refractivity contribution in [3.8, 4) is 0 Å². The molecule has 0 spiro atoms. The van der Waals surface area contributed by atoms with Crippen molar-refractivity contribution in [3.63, 3.8) is 0 Å². The van der Waals surface area contributed by atoms with Gasteiger partial charge in [0.2, 0.25) is 5.91 Å². The third-order valence-corrected chi connectivity index (χ3v) is 5.58. The van der Waals surface area contributed by atoms with Gasteiger partial charge in [-0.1, -0.05) is 36.4 Å². The molecule has 1 aromatic heterocycles. The minimum absolute atomic E-state index is 0.115. The highest BCUT2D eigenvalue weighted by molar-refractivity contribution is 5.94. The van der Waals surface area contributed by atoms with Crippen LogP contribution < -0.4 is 5.32 Å². The average molecular weight is 489 g/mol. The molecule has 0 aliphatic heterocycles. The molecule has 8 heteroatoms. The number of rotatable bonds is 11. The smallest absolute Gasteiger partial charge is 0.338 e. The Balaban J connectivity index is 1.71. The molecule has 3 aromatic rings. The van der Waals surface area contributed by atoms with Crippen LogP contribution in [0, 0.1) is 0 Å². The van der Waals surface area contributed by atoms with Crippen molar-refractivity contribution in [2.24, 2.45) is 7.05 Å². The van der Waals surface area contributed by atoms with Crippen LogP contribution in [0.25, 0.3) is 0 Å². The Morgan fingerprint density at radius 3 is 2.31 bits per heavy atom. The van der Waals surface area contributed by atoms with Crippen LogP contribution in [0.3, 0.4) is 0 Å². The van der Waals surface area contributed by atoms with Crippen LogP contribution >= 0.6 is 0 Å². The van der Waals surface area contributed by atoms with Crippen molar-refractivity contribution in [3.05, 3.63) is 102 Å². The van der Waals surface area contributed by atoms with Crippen molar-refractivity contribution in [1.29, 1.82) is 0 Å². The van der Waals surface area contributed by atoms with Crippen molar-refractivity contribution in [2.75, 3.05) is 25.0 Å². The predicted octanol–water partition coefficient (Wildman–Crippen LogP) is 4.45. The lowest BCUT2D eigenvalue weighted by Crippen LogP contribution is -2.44. The number of amides is 3. The fraction of sp³-hybridized carbons (Fsp3) is 0.250. The zero-order valence-corrected chi connectivity index (χ0v) is 20.7. The maximum absolute atomic E-state index is 13.4. The van der Waals surface area contributed by atoms with Gasteiger partial charge in [-0.3, -0.25) is 4.79 Å². The number of hydrogen-bond acceptors (Lipinski definition) is 4. The molecule has 0 unspecified atom stereocenters. The number of ether oxygens (including phenoxy) is 1. The summed E-state index contributed by atoms with van der Waals surface area (Å²) >= 11 is 0. The zero-order chi connectivity index (χ0) is 25.9. The fourth-order valence-electron chi connectivity index (χ4n) is 3.64. The number of carbonyl (C=O) groups excluding carboxylic acids is 3. The molecule has 0 radical (unpaired) electrons. The molecule has 0 atom stereocenters. The van der Waals surface area contributed by atoms with E-state index in [0.717, 1.165) is 11.3 Å². The summed E-state index contributed by atoms with van der Waals surface area (Å²) < 4.78 is 6.95. The average Bonchev–Trinajstić information content (AvgIpc) is 3.28. The standard InChI is InChI=1S/C28H32N4O4/c1-4-17-31(28(35)29-24-15-13-23(14-16-24)27(34)36-5-2)21-26(33)32(19-22-10-7-6-8-11-22)20-25-12-9-18-30(25)3/h4,6-16,18H,1,5,17,19-21H2,2-3H3,(H,29,35). The summed E-state index contributed by atoms with van der Waals surface area (Å²) in [6.45, 7) is 6.67. The van der Waals surface area contributed by atoms with E-state index in [9.17, 15) is 14.4 Å². The number of carbonyl (C=O) groups is 3. The molecule has 3 rings (SSSR count). The minimum atomic E-state index is -0.439. The number of benzene rings is 2. The lowest BCUT2D eigenvalue weighted by molar-refractivity contribution is -0.133. The molecule has 188 valence electrons. The van der Waals surface area contributed by atoms with Crippen molar-refractivity contribution >= 4 is 23.6 Å². The van der Waals surface area contributed by atoms with E-state index in [0.29, 0.717) is 24.3 Å². The van der Waals surface area contributed by atoms with Crippen molar-refractivity contribution in [2.45, 2.75) is 20.0 Å². The van der Waals surface area contributed by atoms with Crippen LogP contribution in [0.4, 0.5) is 10.5 Å². The summed E-state index contributed by atoms with van der Waals surface area (Å²) in [5.41, 5.74) is 2.88. The summed E-state index contributed by atoms with van der Waals surface area (Å²) in [6.07, 6.45) is 3.51. The topological polar surface area (TPSA) is 83.9 Å². The zero-order valence-electron chi connectivity index (χ0n) is 20.7. The van der Waals surface area contributed by atoms with Gasteiger partial charge in [0.15, 0.2) is 0 Å². The molecule has 0 bridgehead atoms. The van der Waals surface area contributed by atoms with Gasteiger partial charge in [-0.2, -0.15) is 0 Å². The first kappa shape index (κ1) is 26.3.